The molecule has 0 saturated carbocycles. The van der Waals surface area contributed by atoms with E-state index >= 15 is 0 Å². The average Bonchev–Trinajstić information content (AvgIpc) is 3.45. The van der Waals surface area contributed by atoms with Crippen molar-refractivity contribution in [3.8, 4) is 0 Å². The van der Waals surface area contributed by atoms with Gasteiger partial charge in [-0.3, -0.25) is 9.59 Å². The zero-order valence-electron chi connectivity index (χ0n) is 41.3. The Labute approximate surface area is 440 Å². The smallest absolute Gasteiger partial charge is 0.338 e. The third kappa shape index (κ3) is 15.9. The summed E-state index contributed by atoms with van der Waals surface area (Å²) < 4.78 is 62.2. The van der Waals surface area contributed by atoms with Crippen LogP contribution in [0, 0.1) is 0 Å². The zero-order chi connectivity index (χ0) is 52.2. The molecule has 6 aromatic rings. The molecule has 0 radical (unpaired) electrons. The summed E-state index contributed by atoms with van der Waals surface area (Å²) in [5, 5.41) is 11.9. The Morgan fingerprint density at radius 1 is 0.453 bits per heavy atom. The Balaban J connectivity index is 0.967. The number of hydrogen-bond donors (Lipinski definition) is 1. The fourth-order valence-electron chi connectivity index (χ4n) is 8.46. The highest BCUT2D eigenvalue weighted by molar-refractivity contribution is 7.99. The summed E-state index contributed by atoms with van der Waals surface area (Å²) in [6.07, 6.45) is -11.5. The van der Waals surface area contributed by atoms with E-state index in [0.29, 0.717) is 5.75 Å². The Kier molecular flexibility index (Phi) is 20.5. The minimum absolute atomic E-state index is 0.0410. The summed E-state index contributed by atoms with van der Waals surface area (Å²) in [4.78, 5) is 54.2. The molecule has 6 aromatic carbocycles. The predicted octanol–water partition coefficient (Wildman–Crippen LogP) is 8.45. The van der Waals surface area contributed by atoms with E-state index in [9.17, 15) is 24.3 Å². The maximum atomic E-state index is 13.6. The second-order valence-electron chi connectivity index (χ2n) is 17.6. The first-order chi connectivity index (χ1) is 36.7. The van der Waals surface area contributed by atoms with Gasteiger partial charge in [0.2, 0.25) is 0 Å². The molecule has 0 bridgehead atoms. The van der Waals surface area contributed by atoms with Gasteiger partial charge in [0.25, 0.3) is 0 Å². The highest BCUT2D eigenvalue weighted by Gasteiger charge is 2.52. The molecule has 16 heteroatoms. The van der Waals surface area contributed by atoms with Crippen LogP contribution in [0.2, 0.25) is 0 Å². The number of thioether (sulfide) groups is 1. The van der Waals surface area contributed by atoms with Crippen LogP contribution in [-0.4, -0.2) is 109 Å². The standard InChI is InChI=1S/C59H60O15S/c1-2-75-59-55(69-36-42-25-13-5-14-26-42)53(68-35-41-23-11-4-12-24-41)51(67-34-40-21-9-3-10-22-40)47(72-59)39-66-49(61)33-48(60)65-38-46-50(62)52(73-56(63)44-29-17-7-18-30-44)54(74-57(64)45-31-19-8-20-32-45)58(71-46)70-37-43-27-15-6-16-28-43/h3-32,46-47,50-55,58-59,62H,2,33-39H2,1H3/t46-,47-,50+,51-,52+,53+,54-,55+,58+,59-/m1/s1. The summed E-state index contributed by atoms with van der Waals surface area (Å²) in [5.74, 6) is -2.89. The van der Waals surface area contributed by atoms with Crippen LogP contribution in [0.15, 0.2) is 182 Å². The highest BCUT2D eigenvalue weighted by atomic mass is 32.2. The molecule has 0 unspecified atom stereocenters. The molecule has 0 amide bonds. The topological polar surface area (TPSA) is 181 Å². The average molecular weight is 1040 g/mol. The summed E-state index contributed by atoms with van der Waals surface area (Å²) in [7, 11) is 0. The summed E-state index contributed by atoms with van der Waals surface area (Å²) in [6, 6.07) is 54.4. The molecule has 10 atom stereocenters. The van der Waals surface area contributed by atoms with Crippen molar-refractivity contribution in [1.82, 2.24) is 0 Å². The minimum Gasteiger partial charge on any atom is -0.462 e. The van der Waals surface area contributed by atoms with Gasteiger partial charge >= 0.3 is 23.9 Å². The summed E-state index contributed by atoms with van der Waals surface area (Å²) in [6.45, 7) is 1.72. The van der Waals surface area contributed by atoms with Gasteiger partial charge in [-0.2, -0.15) is 0 Å². The molecule has 392 valence electrons. The lowest BCUT2D eigenvalue weighted by Crippen LogP contribution is -2.62. The lowest BCUT2D eigenvalue weighted by molar-refractivity contribution is -0.303. The fourth-order valence-corrected chi connectivity index (χ4v) is 9.43. The van der Waals surface area contributed by atoms with Gasteiger partial charge in [-0.1, -0.05) is 165 Å². The largest absolute Gasteiger partial charge is 0.462 e. The monoisotopic (exact) mass is 1040 g/mol. The number of carbonyl (C=O) groups is 4. The molecule has 75 heavy (non-hydrogen) atoms. The molecule has 0 aromatic heterocycles. The molecule has 1 N–H and O–H groups in total. The lowest BCUT2D eigenvalue weighted by atomic mass is 9.98. The van der Waals surface area contributed by atoms with Crippen molar-refractivity contribution in [2.75, 3.05) is 19.0 Å². The van der Waals surface area contributed by atoms with E-state index in [-0.39, 0.29) is 44.2 Å². The second kappa shape index (κ2) is 28.2. The fraction of sp³-hybridized carbons (Fsp3) is 0.322. The van der Waals surface area contributed by atoms with Gasteiger partial charge in [0.15, 0.2) is 18.5 Å². The highest BCUT2D eigenvalue weighted by Crippen LogP contribution is 2.36. The lowest BCUT2D eigenvalue weighted by Gasteiger charge is -2.45. The van der Waals surface area contributed by atoms with Crippen LogP contribution in [0.5, 0.6) is 0 Å². The third-order valence-corrected chi connectivity index (χ3v) is 13.3. The van der Waals surface area contributed by atoms with Crippen LogP contribution in [0.1, 0.15) is 56.3 Å². The van der Waals surface area contributed by atoms with Crippen molar-refractivity contribution >= 4 is 35.6 Å². The number of esters is 4. The van der Waals surface area contributed by atoms with E-state index in [0.717, 1.165) is 22.3 Å². The first kappa shape index (κ1) is 54.5. The SMILES string of the molecule is CCS[C@H]1O[C@H](COC(=O)CC(=O)OC[C@H]2O[C@H](OCc3ccccc3)[C@H](OC(=O)c3ccccc3)[C@@H](OC(=O)c3ccccc3)[C@H]2O)[C@@H](OCc2ccccc2)[C@H](OCc2ccccc2)[C@@H]1OCc1ccccc1. The molecule has 2 aliphatic heterocycles. The molecule has 15 nitrogen and oxygen atoms in total. The van der Waals surface area contributed by atoms with Crippen LogP contribution in [-0.2, 0) is 83.4 Å². The second-order valence-corrected chi connectivity index (χ2v) is 19.0. The zero-order valence-corrected chi connectivity index (χ0v) is 42.1. The van der Waals surface area contributed by atoms with E-state index in [1.54, 1.807) is 48.5 Å². The third-order valence-electron chi connectivity index (χ3n) is 12.3. The number of hydrogen-bond acceptors (Lipinski definition) is 16. The number of carbonyl (C=O) groups excluding carboxylic acids is 4. The predicted molar refractivity (Wildman–Crippen MR) is 276 cm³/mol. The number of ether oxygens (including phenoxy) is 10. The summed E-state index contributed by atoms with van der Waals surface area (Å²) >= 11 is 1.52. The minimum atomic E-state index is -1.73. The van der Waals surface area contributed by atoms with Gasteiger partial charge in [-0.25, -0.2) is 9.59 Å². The molecular formula is C59H60O15S. The quantitative estimate of drug-likeness (QED) is 0.0346. The van der Waals surface area contributed by atoms with E-state index in [4.69, 9.17) is 47.4 Å². The molecule has 2 fully saturated rings. The van der Waals surface area contributed by atoms with E-state index in [1.165, 1.54) is 23.9 Å². The van der Waals surface area contributed by atoms with Crippen molar-refractivity contribution in [2.45, 2.75) is 100 Å². The van der Waals surface area contributed by atoms with Crippen LogP contribution in [0.4, 0.5) is 0 Å². The van der Waals surface area contributed by atoms with E-state index < -0.39 is 97.5 Å². The first-order valence-corrected chi connectivity index (χ1v) is 25.8. The van der Waals surface area contributed by atoms with Crippen molar-refractivity contribution in [2.24, 2.45) is 0 Å². The van der Waals surface area contributed by atoms with Gasteiger partial charge in [-0.05, 0) is 52.3 Å². The van der Waals surface area contributed by atoms with Crippen molar-refractivity contribution in [3.63, 3.8) is 0 Å². The molecule has 2 aliphatic rings. The van der Waals surface area contributed by atoms with Crippen molar-refractivity contribution in [1.29, 1.82) is 0 Å². The molecule has 8 rings (SSSR count). The molecule has 0 aliphatic carbocycles. The number of rotatable bonds is 24. The summed E-state index contributed by atoms with van der Waals surface area (Å²) in [5.41, 5.74) is 3.31. The maximum Gasteiger partial charge on any atom is 0.338 e. The van der Waals surface area contributed by atoms with Gasteiger partial charge in [-0.15, -0.1) is 11.8 Å². The van der Waals surface area contributed by atoms with Gasteiger partial charge < -0.3 is 52.5 Å². The normalized spacial score (nSPS) is 23.3. The molecule has 2 saturated heterocycles. The number of aliphatic hydroxyl groups excluding tert-OH is 1. The number of aliphatic hydroxyl groups is 1. The maximum absolute atomic E-state index is 13.6. The Morgan fingerprint density at radius 3 is 1.29 bits per heavy atom. The van der Waals surface area contributed by atoms with Gasteiger partial charge in [0, 0.05) is 0 Å². The van der Waals surface area contributed by atoms with Crippen LogP contribution >= 0.6 is 11.8 Å². The Bertz CT molecular complexity index is 2670. The van der Waals surface area contributed by atoms with Gasteiger partial charge in [0.1, 0.15) is 61.7 Å². The Morgan fingerprint density at radius 2 is 0.840 bits per heavy atom. The molecule has 0 spiro atoms. The van der Waals surface area contributed by atoms with E-state index in [2.05, 4.69) is 0 Å². The number of benzene rings is 6. The van der Waals surface area contributed by atoms with Crippen molar-refractivity contribution in [3.05, 3.63) is 215 Å². The van der Waals surface area contributed by atoms with Crippen LogP contribution in [0.25, 0.3) is 0 Å². The van der Waals surface area contributed by atoms with Gasteiger partial charge in [0.05, 0.1) is 37.6 Å². The molecular weight excluding hydrogens is 981 g/mol. The van der Waals surface area contributed by atoms with Crippen LogP contribution in [0.3, 0.4) is 0 Å². The first-order valence-electron chi connectivity index (χ1n) is 24.8. The Hall–Kier alpha value is -6.73. The molecule has 2 heterocycles. The van der Waals surface area contributed by atoms with E-state index in [1.807, 2.05) is 128 Å². The van der Waals surface area contributed by atoms with Crippen LogP contribution < -0.4 is 0 Å². The van der Waals surface area contributed by atoms with Crippen molar-refractivity contribution < 1.29 is 71.7 Å².